The molecule has 1 unspecified atom stereocenters. The minimum atomic E-state index is -0.799. The number of para-hydroxylation sites is 2. The van der Waals surface area contributed by atoms with Crippen LogP contribution in [-0.4, -0.2) is 39.9 Å². The summed E-state index contributed by atoms with van der Waals surface area (Å²) in [6.45, 7) is 4.02. The molecule has 1 saturated heterocycles. The van der Waals surface area contributed by atoms with E-state index in [0.717, 1.165) is 16.5 Å². The fourth-order valence-electron chi connectivity index (χ4n) is 4.82. The van der Waals surface area contributed by atoms with E-state index in [4.69, 9.17) is 9.47 Å². The second kappa shape index (κ2) is 9.85. The summed E-state index contributed by atoms with van der Waals surface area (Å²) < 4.78 is 11.3. The molecule has 2 heterocycles. The maximum absolute atomic E-state index is 13.5. The molecule has 0 aliphatic carbocycles. The van der Waals surface area contributed by atoms with Crippen LogP contribution >= 0.6 is 0 Å². The lowest BCUT2D eigenvalue weighted by molar-refractivity contribution is -0.140. The van der Waals surface area contributed by atoms with Gasteiger partial charge in [-0.3, -0.25) is 9.59 Å². The summed E-state index contributed by atoms with van der Waals surface area (Å²) >= 11 is 0. The molecule has 3 aromatic carbocycles. The largest absolute Gasteiger partial charge is 0.507 e. The first kappa shape index (κ1) is 24.2. The average Bonchev–Trinajstić information content (AvgIpc) is 3.44. The molecule has 37 heavy (non-hydrogen) atoms. The van der Waals surface area contributed by atoms with E-state index < -0.39 is 17.7 Å². The summed E-state index contributed by atoms with van der Waals surface area (Å²) in [5.41, 5.74) is 2.77. The zero-order chi connectivity index (χ0) is 26.1. The molecule has 1 atom stereocenters. The number of nitrogens with zero attached hydrogens (tertiary/aromatic N) is 1. The summed E-state index contributed by atoms with van der Waals surface area (Å²) in [6.07, 6.45) is 1.66. The van der Waals surface area contributed by atoms with Crippen LogP contribution < -0.4 is 9.47 Å². The number of H-pyrrole nitrogens is 1. The second-order valence-electron chi connectivity index (χ2n) is 9.22. The van der Waals surface area contributed by atoms with Gasteiger partial charge in [-0.25, -0.2) is 0 Å². The SMILES string of the molecule is COc1ccccc1CN1C(=O)C(=O)/C(=C(\O)c2c[nH]c3ccccc23)C1c1ccc(OC(C)C)cc1. The number of nitrogens with one attached hydrogen (secondary N) is 1. The highest BCUT2D eigenvalue weighted by Gasteiger charge is 2.46. The Balaban J connectivity index is 1.65. The first-order chi connectivity index (χ1) is 17.9. The van der Waals surface area contributed by atoms with Crippen molar-refractivity contribution in [1.82, 2.24) is 9.88 Å². The van der Waals surface area contributed by atoms with Crippen molar-refractivity contribution in [3.05, 3.63) is 101 Å². The minimum Gasteiger partial charge on any atom is -0.507 e. The van der Waals surface area contributed by atoms with Crippen LogP contribution in [0.5, 0.6) is 11.5 Å². The van der Waals surface area contributed by atoms with Gasteiger partial charge in [0.1, 0.15) is 17.3 Å². The second-order valence-corrected chi connectivity index (χ2v) is 9.22. The van der Waals surface area contributed by atoms with E-state index in [9.17, 15) is 14.7 Å². The van der Waals surface area contributed by atoms with Crippen molar-refractivity contribution in [3.8, 4) is 11.5 Å². The Morgan fingerprint density at radius 3 is 2.43 bits per heavy atom. The van der Waals surface area contributed by atoms with Gasteiger partial charge >= 0.3 is 0 Å². The summed E-state index contributed by atoms with van der Waals surface area (Å²) in [5, 5.41) is 12.3. The summed E-state index contributed by atoms with van der Waals surface area (Å²) in [5.74, 6) is -0.339. The predicted molar refractivity (Wildman–Crippen MR) is 141 cm³/mol. The quantitative estimate of drug-likeness (QED) is 0.198. The van der Waals surface area contributed by atoms with Gasteiger partial charge in [0.2, 0.25) is 0 Å². The van der Waals surface area contributed by atoms with Gasteiger partial charge in [-0.1, -0.05) is 48.5 Å². The van der Waals surface area contributed by atoms with Crippen molar-refractivity contribution in [3.63, 3.8) is 0 Å². The molecule has 4 aromatic rings. The first-order valence-electron chi connectivity index (χ1n) is 12.1. The van der Waals surface area contributed by atoms with Crippen LogP contribution in [0.4, 0.5) is 0 Å². The van der Waals surface area contributed by atoms with E-state index >= 15 is 0 Å². The van der Waals surface area contributed by atoms with Gasteiger partial charge in [-0.15, -0.1) is 0 Å². The number of amides is 1. The Kier molecular flexibility index (Phi) is 6.44. The molecule has 1 aliphatic rings. The van der Waals surface area contributed by atoms with Gasteiger partial charge in [0, 0.05) is 28.2 Å². The Labute approximate surface area is 214 Å². The van der Waals surface area contributed by atoms with Crippen LogP contribution in [0.15, 0.2) is 84.6 Å². The zero-order valence-electron chi connectivity index (χ0n) is 20.9. The third-order valence-corrected chi connectivity index (χ3v) is 6.49. The molecule has 1 amide bonds. The van der Waals surface area contributed by atoms with Gasteiger partial charge in [0.15, 0.2) is 0 Å². The Bertz CT molecular complexity index is 1500. The van der Waals surface area contributed by atoms with Crippen LogP contribution in [0, 0.1) is 0 Å². The lowest BCUT2D eigenvalue weighted by Crippen LogP contribution is -2.29. The van der Waals surface area contributed by atoms with Crippen LogP contribution in [0.1, 0.15) is 36.6 Å². The van der Waals surface area contributed by atoms with Crippen molar-refractivity contribution < 1.29 is 24.2 Å². The van der Waals surface area contributed by atoms with Gasteiger partial charge < -0.3 is 24.5 Å². The predicted octanol–water partition coefficient (Wildman–Crippen LogP) is 5.59. The number of fused-ring (bicyclic) bond motifs is 1. The van der Waals surface area contributed by atoms with Crippen molar-refractivity contribution in [1.29, 1.82) is 0 Å². The van der Waals surface area contributed by atoms with Crippen molar-refractivity contribution in [2.24, 2.45) is 0 Å². The number of methoxy groups -OCH3 is 1. The number of benzene rings is 3. The lowest BCUT2D eigenvalue weighted by atomic mass is 9.95. The van der Waals surface area contributed by atoms with Gasteiger partial charge in [-0.2, -0.15) is 0 Å². The van der Waals surface area contributed by atoms with E-state index in [1.54, 1.807) is 13.3 Å². The van der Waals surface area contributed by atoms with Crippen molar-refractivity contribution in [2.45, 2.75) is 32.5 Å². The van der Waals surface area contributed by atoms with E-state index in [1.165, 1.54) is 4.90 Å². The number of rotatable bonds is 7. The number of aromatic nitrogens is 1. The molecule has 1 aromatic heterocycles. The molecular formula is C30H28N2O5. The summed E-state index contributed by atoms with van der Waals surface area (Å²) in [6, 6.07) is 21.3. The number of carbonyl (C=O) groups is 2. The number of likely N-dealkylation sites (tertiary alicyclic amines) is 1. The highest BCUT2D eigenvalue weighted by molar-refractivity contribution is 6.46. The summed E-state index contributed by atoms with van der Waals surface area (Å²) in [7, 11) is 1.56. The van der Waals surface area contributed by atoms with E-state index in [2.05, 4.69) is 4.98 Å². The normalized spacial score (nSPS) is 17.1. The Hall–Kier alpha value is -4.52. The van der Waals surface area contributed by atoms with E-state index in [0.29, 0.717) is 22.6 Å². The first-order valence-corrected chi connectivity index (χ1v) is 12.1. The molecule has 188 valence electrons. The number of ether oxygens (including phenoxy) is 2. The topological polar surface area (TPSA) is 91.9 Å². The molecule has 5 rings (SSSR count). The maximum atomic E-state index is 13.5. The van der Waals surface area contributed by atoms with Crippen LogP contribution in [-0.2, 0) is 16.1 Å². The van der Waals surface area contributed by atoms with Crippen LogP contribution in [0.25, 0.3) is 16.7 Å². The summed E-state index contributed by atoms with van der Waals surface area (Å²) in [4.78, 5) is 31.5. The maximum Gasteiger partial charge on any atom is 0.295 e. The highest BCUT2D eigenvalue weighted by atomic mass is 16.5. The molecule has 1 fully saturated rings. The van der Waals surface area contributed by atoms with Gasteiger partial charge in [-0.05, 0) is 43.7 Å². The fraction of sp³-hybridized carbons (Fsp3) is 0.200. The minimum absolute atomic E-state index is 0.00361. The smallest absolute Gasteiger partial charge is 0.295 e. The van der Waals surface area contributed by atoms with Crippen LogP contribution in [0.2, 0.25) is 0 Å². The molecule has 1 aliphatic heterocycles. The van der Waals surface area contributed by atoms with Gasteiger partial charge in [0.05, 0.1) is 31.4 Å². The number of carbonyl (C=O) groups excluding carboxylic acids is 2. The molecular weight excluding hydrogens is 468 g/mol. The number of aliphatic hydroxyl groups excluding tert-OH is 1. The molecule has 0 bridgehead atoms. The van der Waals surface area contributed by atoms with E-state index in [-0.39, 0.29) is 24.0 Å². The third-order valence-electron chi connectivity index (χ3n) is 6.49. The van der Waals surface area contributed by atoms with Crippen molar-refractivity contribution >= 4 is 28.4 Å². The monoisotopic (exact) mass is 496 g/mol. The molecule has 7 heteroatoms. The average molecular weight is 497 g/mol. The van der Waals surface area contributed by atoms with Crippen molar-refractivity contribution in [2.75, 3.05) is 7.11 Å². The number of ketones is 1. The zero-order valence-corrected chi connectivity index (χ0v) is 20.9. The number of aliphatic hydroxyl groups is 1. The van der Waals surface area contributed by atoms with Gasteiger partial charge in [0.25, 0.3) is 11.7 Å². The molecule has 7 nitrogen and oxygen atoms in total. The highest BCUT2D eigenvalue weighted by Crippen LogP contribution is 2.42. The lowest BCUT2D eigenvalue weighted by Gasteiger charge is -2.26. The number of hydrogen-bond donors (Lipinski definition) is 2. The number of Topliss-reactive ketones (excluding diaryl/α,β-unsaturated/α-hetero) is 1. The molecule has 0 radical (unpaired) electrons. The Morgan fingerprint density at radius 2 is 1.70 bits per heavy atom. The fourth-order valence-corrected chi connectivity index (χ4v) is 4.82. The number of aromatic amines is 1. The van der Waals surface area contributed by atoms with E-state index in [1.807, 2.05) is 86.6 Å². The molecule has 2 N–H and O–H groups in total. The standard InChI is InChI=1S/C30H28N2O5/c1-18(2)37-21-14-12-19(13-15-21)27-26(28(33)23-16-31-24-10-6-5-9-22(23)24)29(34)30(35)32(27)17-20-8-4-7-11-25(20)36-3/h4-16,18,27,31,33H,17H2,1-3H3/b28-26-. The molecule has 0 saturated carbocycles. The van der Waals surface area contributed by atoms with Crippen LogP contribution in [0.3, 0.4) is 0 Å². The Morgan fingerprint density at radius 1 is 1.00 bits per heavy atom. The molecule has 0 spiro atoms. The third kappa shape index (κ3) is 4.44. The number of hydrogen-bond acceptors (Lipinski definition) is 5.